The molecule has 0 radical (unpaired) electrons. The molecule has 1 aliphatic carbocycles. The van der Waals surface area contributed by atoms with Crippen molar-refractivity contribution in [1.29, 1.82) is 0 Å². The number of rotatable bonds is 3. The van der Waals surface area contributed by atoms with Gasteiger partial charge in [0, 0.05) is 11.6 Å². The molecule has 22 heavy (non-hydrogen) atoms. The first-order valence-corrected chi connectivity index (χ1v) is 6.92. The van der Waals surface area contributed by atoms with Gasteiger partial charge in [-0.3, -0.25) is 9.59 Å². The summed E-state index contributed by atoms with van der Waals surface area (Å²) in [7, 11) is 0. The highest BCUT2D eigenvalue weighted by atomic mass is 19.4. The van der Waals surface area contributed by atoms with Crippen molar-refractivity contribution in [2.45, 2.75) is 43.9 Å². The molecule has 1 N–H and O–H groups in total. The topological polar surface area (TPSA) is 57.6 Å². The van der Waals surface area contributed by atoms with Crippen molar-refractivity contribution >= 4 is 11.9 Å². The molecule has 1 atom stereocenters. The van der Waals surface area contributed by atoms with E-state index in [0.29, 0.717) is 0 Å². The summed E-state index contributed by atoms with van der Waals surface area (Å²) >= 11 is 0. The number of fused-ring (bicyclic) bond motifs is 1. The van der Waals surface area contributed by atoms with Gasteiger partial charge >= 0.3 is 12.1 Å². The average molecular weight is 313 g/mol. The molecular weight excluding hydrogens is 299 g/mol. The lowest BCUT2D eigenvalue weighted by Crippen LogP contribution is -2.44. The fourth-order valence-corrected chi connectivity index (χ4v) is 3.21. The van der Waals surface area contributed by atoms with Crippen LogP contribution in [0.1, 0.15) is 47.7 Å². The smallest absolute Gasteiger partial charge is 0.416 e. The first-order chi connectivity index (χ1) is 10.1. The van der Waals surface area contributed by atoms with E-state index in [-0.39, 0.29) is 23.1 Å². The van der Waals surface area contributed by atoms with E-state index in [1.54, 1.807) is 0 Å². The van der Waals surface area contributed by atoms with Crippen LogP contribution in [0.4, 0.5) is 13.2 Å². The van der Waals surface area contributed by atoms with Crippen molar-refractivity contribution in [3.05, 3.63) is 34.9 Å². The molecule has 4 nitrogen and oxygen atoms in total. The maximum atomic E-state index is 12.9. The molecule has 0 saturated heterocycles. The SMILES string of the molecule is CC1(CC(=O)O)c2cc(C(F)(F)F)ccc2C(=O)N1C1CC1. The number of amides is 1. The molecule has 7 heteroatoms. The standard InChI is InChI=1S/C15H14F3NO3/c1-14(7-12(20)21)11-6-8(15(16,17)18)2-5-10(11)13(22)19(14)9-3-4-9/h2,5-6,9H,3-4,7H2,1H3,(H,20,21). The Balaban J connectivity index is 2.15. The van der Waals surface area contributed by atoms with Crippen LogP contribution in [0.25, 0.3) is 0 Å². The van der Waals surface area contributed by atoms with Crippen molar-refractivity contribution in [1.82, 2.24) is 4.90 Å². The van der Waals surface area contributed by atoms with Gasteiger partial charge in [-0.25, -0.2) is 0 Å². The molecule has 2 aliphatic rings. The minimum atomic E-state index is -4.53. The fourth-order valence-electron chi connectivity index (χ4n) is 3.21. The number of alkyl halides is 3. The summed E-state index contributed by atoms with van der Waals surface area (Å²) in [6.07, 6.45) is -3.44. The molecule has 1 aliphatic heterocycles. The lowest BCUT2D eigenvalue weighted by molar-refractivity contribution is -0.139. The van der Waals surface area contributed by atoms with E-state index >= 15 is 0 Å². The lowest BCUT2D eigenvalue weighted by Gasteiger charge is -2.35. The summed E-state index contributed by atoms with van der Waals surface area (Å²) in [5.74, 6) is -1.53. The number of carboxylic acid groups (broad SMARTS) is 1. The monoisotopic (exact) mass is 313 g/mol. The molecule has 1 aromatic carbocycles. The molecule has 0 bridgehead atoms. The van der Waals surface area contributed by atoms with E-state index in [9.17, 15) is 22.8 Å². The Morgan fingerprint density at radius 1 is 1.41 bits per heavy atom. The van der Waals surface area contributed by atoms with Gasteiger partial charge in [-0.05, 0) is 43.5 Å². The summed E-state index contributed by atoms with van der Waals surface area (Å²) in [6, 6.07) is 2.86. The van der Waals surface area contributed by atoms with Crippen LogP contribution in [0.3, 0.4) is 0 Å². The van der Waals surface area contributed by atoms with Crippen LogP contribution in [0.2, 0.25) is 0 Å². The molecule has 1 saturated carbocycles. The third-order valence-electron chi connectivity index (χ3n) is 4.32. The zero-order chi connectivity index (χ0) is 16.3. The van der Waals surface area contributed by atoms with Crippen LogP contribution in [-0.2, 0) is 16.5 Å². The van der Waals surface area contributed by atoms with E-state index in [1.165, 1.54) is 11.8 Å². The Hall–Kier alpha value is -2.05. The molecule has 3 rings (SSSR count). The van der Waals surface area contributed by atoms with E-state index < -0.39 is 29.7 Å². The van der Waals surface area contributed by atoms with Crippen LogP contribution in [0, 0.1) is 0 Å². The zero-order valence-corrected chi connectivity index (χ0v) is 11.8. The highest BCUT2D eigenvalue weighted by Crippen LogP contribution is 2.48. The van der Waals surface area contributed by atoms with E-state index in [0.717, 1.165) is 31.0 Å². The van der Waals surface area contributed by atoms with Crippen molar-refractivity contribution in [3.8, 4) is 0 Å². The minimum absolute atomic E-state index is 0.0846. The zero-order valence-electron chi connectivity index (χ0n) is 11.8. The largest absolute Gasteiger partial charge is 0.481 e. The van der Waals surface area contributed by atoms with Gasteiger partial charge in [0.05, 0.1) is 17.5 Å². The highest BCUT2D eigenvalue weighted by molar-refractivity contribution is 6.01. The number of halogens is 3. The normalized spacial score (nSPS) is 24.5. The fraction of sp³-hybridized carbons (Fsp3) is 0.467. The number of carboxylic acids is 1. The summed E-state index contributed by atoms with van der Waals surface area (Å²) in [5, 5.41) is 9.14. The number of carbonyl (C=O) groups is 2. The van der Waals surface area contributed by atoms with Crippen molar-refractivity contribution in [2.24, 2.45) is 0 Å². The van der Waals surface area contributed by atoms with Crippen molar-refractivity contribution in [2.75, 3.05) is 0 Å². The van der Waals surface area contributed by atoms with Crippen molar-refractivity contribution in [3.63, 3.8) is 0 Å². The summed E-state index contributed by atoms with van der Waals surface area (Å²) < 4.78 is 38.8. The summed E-state index contributed by atoms with van der Waals surface area (Å²) in [4.78, 5) is 25.1. The average Bonchev–Trinajstić information content (AvgIpc) is 3.17. The van der Waals surface area contributed by atoms with Gasteiger partial charge in [0.15, 0.2) is 0 Å². The maximum Gasteiger partial charge on any atom is 0.416 e. The first-order valence-electron chi connectivity index (χ1n) is 6.92. The van der Waals surface area contributed by atoms with E-state index in [2.05, 4.69) is 0 Å². The third kappa shape index (κ3) is 2.15. The van der Waals surface area contributed by atoms with Gasteiger partial charge < -0.3 is 10.0 Å². The van der Waals surface area contributed by atoms with Crippen LogP contribution in [0.5, 0.6) is 0 Å². The van der Waals surface area contributed by atoms with Crippen LogP contribution in [0.15, 0.2) is 18.2 Å². The molecule has 0 spiro atoms. The second-order valence-electron chi connectivity index (χ2n) is 6.01. The Morgan fingerprint density at radius 2 is 2.05 bits per heavy atom. The molecule has 1 heterocycles. The highest BCUT2D eigenvalue weighted by Gasteiger charge is 2.53. The van der Waals surface area contributed by atoms with Gasteiger partial charge in [0.1, 0.15) is 0 Å². The number of hydrogen-bond acceptors (Lipinski definition) is 2. The van der Waals surface area contributed by atoms with Crippen LogP contribution < -0.4 is 0 Å². The van der Waals surface area contributed by atoms with Gasteiger partial charge in [0.2, 0.25) is 0 Å². The molecule has 0 aromatic heterocycles. The Bertz CT molecular complexity index is 666. The molecule has 1 fully saturated rings. The van der Waals surface area contributed by atoms with E-state index in [1.807, 2.05) is 0 Å². The molecule has 118 valence electrons. The molecule has 1 amide bonds. The Kier molecular flexibility index (Phi) is 3.02. The third-order valence-corrected chi connectivity index (χ3v) is 4.32. The van der Waals surface area contributed by atoms with E-state index in [4.69, 9.17) is 5.11 Å². The minimum Gasteiger partial charge on any atom is -0.481 e. The Labute approximate surface area is 124 Å². The van der Waals surface area contributed by atoms with Crippen LogP contribution >= 0.6 is 0 Å². The number of aliphatic carboxylic acids is 1. The predicted molar refractivity (Wildman–Crippen MR) is 70.2 cm³/mol. The molecular formula is C15H14F3NO3. The van der Waals surface area contributed by atoms with Gasteiger partial charge in [-0.2, -0.15) is 13.2 Å². The summed E-state index contributed by atoms with van der Waals surface area (Å²) in [6.45, 7) is 1.53. The number of carbonyl (C=O) groups excluding carboxylic acids is 1. The first kappa shape index (κ1) is 14.9. The second-order valence-corrected chi connectivity index (χ2v) is 6.01. The lowest BCUT2D eigenvalue weighted by atomic mass is 9.87. The quantitative estimate of drug-likeness (QED) is 0.933. The molecule has 1 unspecified atom stereocenters. The predicted octanol–water partition coefficient (Wildman–Crippen LogP) is 3.01. The maximum absolute atomic E-state index is 12.9. The van der Waals surface area contributed by atoms with Gasteiger partial charge in [-0.1, -0.05) is 0 Å². The Morgan fingerprint density at radius 3 is 2.55 bits per heavy atom. The van der Waals surface area contributed by atoms with Gasteiger partial charge in [-0.15, -0.1) is 0 Å². The van der Waals surface area contributed by atoms with Gasteiger partial charge in [0.25, 0.3) is 5.91 Å². The number of benzene rings is 1. The molecule has 1 aromatic rings. The number of hydrogen-bond donors (Lipinski definition) is 1. The number of nitrogens with zero attached hydrogens (tertiary/aromatic N) is 1. The summed E-state index contributed by atoms with van der Waals surface area (Å²) in [5.41, 5.74) is -1.78. The van der Waals surface area contributed by atoms with Crippen molar-refractivity contribution < 1.29 is 27.9 Å². The second kappa shape index (κ2) is 4.47. The van der Waals surface area contributed by atoms with Crippen LogP contribution in [-0.4, -0.2) is 27.9 Å².